The number of ketones is 1. The van der Waals surface area contributed by atoms with Crippen molar-refractivity contribution in [3.63, 3.8) is 0 Å². The molecule has 0 spiro atoms. The van der Waals surface area contributed by atoms with Gasteiger partial charge in [-0.2, -0.15) is 0 Å². The normalized spacial score (nSPS) is 18.2. The van der Waals surface area contributed by atoms with E-state index in [-0.39, 0.29) is 17.7 Å². The van der Waals surface area contributed by atoms with Crippen LogP contribution in [0.15, 0.2) is 0 Å². The van der Waals surface area contributed by atoms with Gasteiger partial charge in [-0.05, 0) is 31.1 Å². The molecule has 0 heterocycles. The van der Waals surface area contributed by atoms with Crippen LogP contribution in [0, 0.1) is 11.8 Å². The van der Waals surface area contributed by atoms with Crippen molar-refractivity contribution in [2.45, 2.75) is 90.7 Å². The van der Waals surface area contributed by atoms with Gasteiger partial charge in [-0.1, -0.05) is 46.5 Å². The molecule has 0 aliphatic heterocycles. The second-order valence-corrected chi connectivity index (χ2v) is 7.45. The van der Waals surface area contributed by atoms with Crippen molar-refractivity contribution in [1.29, 1.82) is 0 Å². The maximum Gasteiger partial charge on any atom is 0.407 e. The number of amides is 1. The zero-order valence-corrected chi connectivity index (χ0v) is 15.6. The van der Waals surface area contributed by atoms with Crippen LogP contribution in [0.1, 0.15) is 78.6 Å². The van der Waals surface area contributed by atoms with Crippen LogP contribution in [0.4, 0.5) is 4.79 Å². The highest BCUT2D eigenvalue weighted by molar-refractivity contribution is 5.83. The van der Waals surface area contributed by atoms with Crippen molar-refractivity contribution in [2.75, 3.05) is 6.61 Å². The summed E-state index contributed by atoms with van der Waals surface area (Å²) in [6.45, 7) is 6.39. The molecule has 2 N–H and O–H groups in total. The van der Waals surface area contributed by atoms with E-state index in [1.54, 1.807) is 0 Å². The van der Waals surface area contributed by atoms with Gasteiger partial charge in [0.15, 0.2) is 5.78 Å². The topological polar surface area (TPSA) is 75.6 Å². The summed E-state index contributed by atoms with van der Waals surface area (Å²) in [4.78, 5) is 24.1. The molecular weight excluding hydrogens is 306 g/mol. The molecule has 1 unspecified atom stereocenters. The number of ether oxygens (including phenoxy) is 1. The first kappa shape index (κ1) is 20.9. The maximum atomic E-state index is 12.1. The number of Topliss-reactive ketones (excluding diaryl/α,β-unsaturated/α-hetero) is 1. The smallest absolute Gasteiger partial charge is 0.407 e. The Bertz CT molecular complexity index is 378. The highest BCUT2D eigenvalue weighted by atomic mass is 16.5. The van der Waals surface area contributed by atoms with Gasteiger partial charge in [0.25, 0.3) is 0 Å². The molecule has 0 bridgehead atoms. The number of alkyl carbamates (subject to hydrolysis) is 1. The number of carbonyl (C=O) groups excluding carboxylic acids is 2. The van der Waals surface area contributed by atoms with Crippen molar-refractivity contribution in [3.8, 4) is 0 Å². The molecule has 1 saturated carbocycles. The number of rotatable bonds is 10. The van der Waals surface area contributed by atoms with E-state index in [2.05, 4.69) is 5.32 Å². The predicted octanol–water partition coefficient (Wildman–Crippen LogP) is 3.83. The Morgan fingerprint density at radius 1 is 1.21 bits per heavy atom. The molecule has 1 fully saturated rings. The lowest BCUT2D eigenvalue weighted by Crippen LogP contribution is -2.44. The fourth-order valence-corrected chi connectivity index (χ4v) is 3.32. The largest absolute Gasteiger partial charge is 0.450 e. The van der Waals surface area contributed by atoms with E-state index in [4.69, 9.17) is 4.74 Å². The molecule has 140 valence electrons. The minimum Gasteiger partial charge on any atom is -0.450 e. The predicted molar refractivity (Wildman–Crippen MR) is 94.8 cm³/mol. The molecule has 1 amide bonds. The Morgan fingerprint density at radius 2 is 1.88 bits per heavy atom. The van der Waals surface area contributed by atoms with E-state index in [1.807, 2.05) is 20.8 Å². The quantitative estimate of drug-likeness (QED) is 0.592. The molecule has 5 nitrogen and oxygen atoms in total. The van der Waals surface area contributed by atoms with Gasteiger partial charge in [0, 0.05) is 18.9 Å². The Kier molecular flexibility index (Phi) is 9.99. The molecule has 1 rings (SSSR count). The van der Waals surface area contributed by atoms with Crippen LogP contribution in [0.25, 0.3) is 0 Å². The fourth-order valence-electron chi connectivity index (χ4n) is 3.32. The number of nitrogens with one attached hydrogen (secondary N) is 1. The molecule has 0 radical (unpaired) electrons. The lowest BCUT2D eigenvalue weighted by atomic mass is 9.81. The summed E-state index contributed by atoms with van der Waals surface area (Å²) in [7, 11) is 0. The van der Waals surface area contributed by atoms with Crippen LogP contribution in [0.2, 0.25) is 0 Å². The third-order valence-corrected chi connectivity index (χ3v) is 4.71. The number of unbranched alkanes of at least 4 members (excludes halogenated alkanes) is 1. The SMILES string of the molecule is CCCCOC(=O)NC(C[C@@H](O)C(=O)CC(C)C)C1CCCCC1. The Labute approximate surface area is 146 Å². The number of aliphatic hydroxyl groups excluding tert-OH is 1. The van der Waals surface area contributed by atoms with Gasteiger partial charge in [-0.3, -0.25) is 4.79 Å². The van der Waals surface area contributed by atoms with Gasteiger partial charge < -0.3 is 15.2 Å². The summed E-state index contributed by atoms with van der Waals surface area (Å²) in [5, 5.41) is 13.2. The Hall–Kier alpha value is -1.10. The molecular formula is C19H35NO4. The van der Waals surface area contributed by atoms with Crippen molar-refractivity contribution < 1.29 is 19.4 Å². The molecule has 24 heavy (non-hydrogen) atoms. The molecule has 0 aromatic rings. The van der Waals surface area contributed by atoms with Crippen LogP contribution in [-0.4, -0.2) is 35.7 Å². The molecule has 0 saturated heterocycles. The van der Waals surface area contributed by atoms with E-state index >= 15 is 0 Å². The number of hydrogen-bond acceptors (Lipinski definition) is 4. The Morgan fingerprint density at radius 3 is 2.46 bits per heavy atom. The van der Waals surface area contributed by atoms with E-state index in [9.17, 15) is 14.7 Å². The van der Waals surface area contributed by atoms with Gasteiger partial charge in [0.05, 0.1) is 6.61 Å². The lowest BCUT2D eigenvalue weighted by Gasteiger charge is -2.31. The average Bonchev–Trinajstić information content (AvgIpc) is 2.54. The van der Waals surface area contributed by atoms with E-state index in [0.717, 1.165) is 38.5 Å². The van der Waals surface area contributed by atoms with Crippen LogP contribution >= 0.6 is 0 Å². The maximum absolute atomic E-state index is 12.1. The molecule has 2 atom stereocenters. The first-order valence-corrected chi connectivity index (χ1v) is 9.58. The third-order valence-electron chi connectivity index (χ3n) is 4.71. The second kappa shape index (κ2) is 11.5. The first-order valence-electron chi connectivity index (χ1n) is 9.58. The zero-order chi connectivity index (χ0) is 17.9. The van der Waals surface area contributed by atoms with Crippen molar-refractivity contribution in [3.05, 3.63) is 0 Å². The summed E-state index contributed by atoms with van der Waals surface area (Å²) in [6.07, 6.45) is 6.62. The van der Waals surface area contributed by atoms with Crippen molar-refractivity contribution in [1.82, 2.24) is 5.32 Å². The first-order chi connectivity index (χ1) is 11.4. The van der Waals surface area contributed by atoms with Crippen LogP contribution in [0.3, 0.4) is 0 Å². The van der Waals surface area contributed by atoms with Crippen LogP contribution in [-0.2, 0) is 9.53 Å². The van der Waals surface area contributed by atoms with Gasteiger partial charge >= 0.3 is 6.09 Å². The van der Waals surface area contributed by atoms with Gasteiger partial charge in [-0.25, -0.2) is 4.79 Å². The highest BCUT2D eigenvalue weighted by Gasteiger charge is 2.30. The minimum absolute atomic E-state index is 0.132. The number of hydrogen-bond donors (Lipinski definition) is 2. The van der Waals surface area contributed by atoms with Gasteiger partial charge in [0.1, 0.15) is 6.10 Å². The van der Waals surface area contributed by atoms with Gasteiger partial charge in [0.2, 0.25) is 0 Å². The van der Waals surface area contributed by atoms with E-state index in [0.29, 0.717) is 25.4 Å². The zero-order valence-electron chi connectivity index (χ0n) is 15.6. The Balaban J connectivity index is 2.59. The molecule has 5 heteroatoms. The highest BCUT2D eigenvalue weighted by Crippen LogP contribution is 2.28. The van der Waals surface area contributed by atoms with E-state index < -0.39 is 12.2 Å². The second-order valence-electron chi connectivity index (χ2n) is 7.45. The van der Waals surface area contributed by atoms with Gasteiger partial charge in [-0.15, -0.1) is 0 Å². The summed E-state index contributed by atoms with van der Waals surface area (Å²) in [5.74, 6) is 0.415. The van der Waals surface area contributed by atoms with E-state index in [1.165, 1.54) is 6.42 Å². The summed E-state index contributed by atoms with van der Waals surface area (Å²) in [6, 6.07) is -0.189. The molecule has 0 aromatic heterocycles. The standard InChI is InChI=1S/C19H35NO4/c1-4-5-11-24-19(23)20-16(15-9-7-6-8-10-15)13-18(22)17(21)12-14(2)3/h14-16,18,22H,4-13H2,1-3H3,(H,20,23)/t16?,18-/m1/s1. The summed E-state index contributed by atoms with van der Waals surface area (Å²) < 4.78 is 5.19. The van der Waals surface area contributed by atoms with Crippen molar-refractivity contribution >= 4 is 11.9 Å². The molecule has 1 aliphatic carbocycles. The van der Waals surface area contributed by atoms with Crippen LogP contribution in [0.5, 0.6) is 0 Å². The third kappa shape index (κ3) is 8.13. The number of aliphatic hydroxyl groups is 1. The van der Waals surface area contributed by atoms with Crippen molar-refractivity contribution in [2.24, 2.45) is 11.8 Å². The fraction of sp³-hybridized carbons (Fsp3) is 0.895. The number of carbonyl (C=O) groups is 2. The average molecular weight is 341 g/mol. The summed E-state index contributed by atoms with van der Waals surface area (Å²) >= 11 is 0. The monoisotopic (exact) mass is 341 g/mol. The lowest BCUT2D eigenvalue weighted by molar-refractivity contribution is -0.128. The summed E-state index contributed by atoms with van der Waals surface area (Å²) in [5.41, 5.74) is 0. The minimum atomic E-state index is -1.00. The van der Waals surface area contributed by atoms with Crippen LogP contribution < -0.4 is 5.32 Å². The molecule has 1 aliphatic rings. The molecule has 0 aromatic carbocycles.